The number of hydrogen-bond donors (Lipinski definition) is 0. The van der Waals surface area contributed by atoms with Gasteiger partial charge < -0.3 is 4.74 Å². The minimum absolute atomic E-state index is 0.242. The van der Waals surface area contributed by atoms with Crippen LogP contribution in [0.3, 0.4) is 0 Å². The maximum atomic E-state index is 14.1. The Morgan fingerprint density at radius 2 is 1.47 bits per heavy atom. The van der Waals surface area contributed by atoms with Gasteiger partial charge in [0.25, 0.3) is 5.91 Å². The lowest BCUT2D eigenvalue weighted by Gasteiger charge is -2.36. The fourth-order valence-corrected chi connectivity index (χ4v) is 5.26. The molecule has 1 heterocycles. The average molecular weight is 525 g/mol. The molecule has 0 aliphatic carbocycles. The summed E-state index contributed by atoms with van der Waals surface area (Å²) in [6, 6.07) is 23.9. The van der Waals surface area contributed by atoms with Gasteiger partial charge in [0, 0.05) is 21.7 Å². The van der Waals surface area contributed by atoms with Crippen LogP contribution in [0.25, 0.3) is 0 Å². The second kappa shape index (κ2) is 10.6. The molecule has 0 radical (unpaired) electrons. The molecule has 1 aliphatic heterocycles. The number of carbonyl (C=O) groups excluding carboxylic acids is 2. The van der Waals surface area contributed by atoms with E-state index < -0.39 is 23.9 Å². The lowest BCUT2D eigenvalue weighted by atomic mass is 9.99. The van der Waals surface area contributed by atoms with Crippen LogP contribution in [0.1, 0.15) is 56.6 Å². The van der Waals surface area contributed by atoms with Gasteiger partial charge in [-0.25, -0.2) is 9.69 Å². The van der Waals surface area contributed by atoms with Crippen LogP contribution in [0.4, 0.5) is 4.79 Å². The van der Waals surface area contributed by atoms with Crippen LogP contribution < -0.4 is 0 Å². The molecule has 2 amide bonds. The van der Waals surface area contributed by atoms with E-state index in [9.17, 15) is 9.59 Å². The Balaban J connectivity index is 1.90. The van der Waals surface area contributed by atoms with E-state index in [0.29, 0.717) is 22.0 Å². The number of hydrogen-bond acceptors (Lipinski definition) is 4. The van der Waals surface area contributed by atoms with Crippen molar-refractivity contribution in [2.45, 2.75) is 58.0 Å². The van der Waals surface area contributed by atoms with Crippen LogP contribution in [0, 0.1) is 0 Å². The van der Waals surface area contributed by atoms with Crippen molar-refractivity contribution in [1.29, 1.82) is 0 Å². The highest BCUT2D eigenvalue weighted by atomic mass is 35.5. The molecule has 7 heteroatoms. The van der Waals surface area contributed by atoms with E-state index in [0.717, 1.165) is 11.1 Å². The zero-order valence-corrected chi connectivity index (χ0v) is 22.3. The van der Waals surface area contributed by atoms with E-state index in [4.69, 9.17) is 27.9 Å². The zero-order valence-electron chi connectivity index (χ0n) is 20.8. The van der Waals surface area contributed by atoms with Gasteiger partial charge in [0.05, 0.1) is 6.04 Å². The van der Waals surface area contributed by atoms with E-state index in [-0.39, 0.29) is 11.9 Å². The van der Waals surface area contributed by atoms with Crippen molar-refractivity contribution >= 4 is 35.2 Å². The zero-order chi connectivity index (χ0) is 26.0. The number of nitrogens with zero attached hydrogens (tertiary/aromatic N) is 2. The summed E-state index contributed by atoms with van der Waals surface area (Å²) in [5.74, 6) is -0.350. The molecule has 1 saturated heterocycles. The Kier molecular flexibility index (Phi) is 7.74. The molecular weight excluding hydrogens is 495 g/mol. The molecule has 3 aromatic rings. The molecule has 0 bridgehead atoms. The van der Waals surface area contributed by atoms with Gasteiger partial charge in [-0.3, -0.25) is 9.69 Å². The lowest BCUT2D eigenvalue weighted by molar-refractivity contribution is -0.129. The van der Waals surface area contributed by atoms with Crippen molar-refractivity contribution in [3.05, 3.63) is 106 Å². The molecule has 0 aromatic heterocycles. The summed E-state index contributed by atoms with van der Waals surface area (Å²) in [6.45, 7) is 7.34. The Morgan fingerprint density at radius 1 is 0.917 bits per heavy atom. The predicted molar refractivity (Wildman–Crippen MR) is 143 cm³/mol. The number of imide groups is 1. The highest BCUT2D eigenvalue weighted by Gasteiger charge is 2.53. The second-order valence-electron chi connectivity index (χ2n) is 9.94. The van der Waals surface area contributed by atoms with E-state index in [1.807, 2.05) is 72.5 Å². The Labute approximate surface area is 222 Å². The van der Waals surface area contributed by atoms with Crippen molar-refractivity contribution in [3.8, 4) is 0 Å². The largest absolute Gasteiger partial charge is 0.443 e. The van der Waals surface area contributed by atoms with Crippen molar-refractivity contribution in [2.24, 2.45) is 0 Å². The van der Waals surface area contributed by atoms with E-state index in [1.165, 1.54) is 4.90 Å². The molecule has 3 atom stereocenters. The lowest BCUT2D eigenvalue weighted by Crippen LogP contribution is -2.41. The summed E-state index contributed by atoms with van der Waals surface area (Å²) < 4.78 is 5.71. The molecular formula is C29H30Cl2N2O3. The number of carbonyl (C=O) groups is 2. The third kappa shape index (κ3) is 5.44. The summed E-state index contributed by atoms with van der Waals surface area (Å²) in [6.07, 6.45) is -1.17. The topological polar surface area (TPSA) is 49.9 Å². The third-order valence-electron chi connectivity index (χ3n) is 6.26. The van der Waals surface area contributed by atoms with E-state index in [1.54, 1.807) is 39.0 Å². The van der Waals surface area contributed by atoms with E-state index in [2.05, 4.69) is 0 Å². The van der Waals surface area contributed by atoms with Crippen LogP contribution in [-0.2, 0) is 16.0 Å². The maximum absolute atomic E-state index is 14.1. The minimum Gasteiger partial charge on any atom is -0.443 e. The molecule has 0 unspecified atom stereocenters. The molecule has 0 N–H and O–H groups in total. The molecule has 188 valence electrons. The summed E-state index contributed by atoms with van der Waals surface area (Å²) in [5.41, 5.74) is 1.69. The summed E-state index contributed by atoms with van der Waals surface area (Å²) in [5, 5.41) is 0.749. The van der Waals surface area contributed by atoms with Gasteiger partial charge in [0.15, 0.2) is 0 Å². The first kappa shape index (κ1) is 26.2. The number of ether oxygens (including phenoxy) is 1. The monoisotopic (exact) mass is 524 g/mol. The average Bonchev–Trinajstić information content (AvgIpc) is 3.10. The Hall–Kier alpha value is -2.86. The van der Waals surface area contributed by atoms with Gasteiger partial charge in [-0.1, -0.05) is 89.9 Å². The normalized spacial score (nSPS) is 19.4. The fourth-order valence-electron chi connectivity index (χ4n) is 4.66. The number of benzene rings is 3. The van der Waals surface area contributed by atoms with Crippen molar-refractivity contribution in [2.75, 3.05) is 0 Å². The Morgan fingerprint density at radius 3 is 2.03 bits per heavy atom. The number of halogens is 2. The van der Waals surface area contributed by atoms with Gasteiger partial charge in [-0.05, 0) is 57.4 Å². The summed E-state index contributed by atoms with van der Waals surface area (Å²) in [7, 11) is 0. The maximum Gasteiger partial charge on any atom is 0.418 e. The van der Waals surface area contributed by atoms with Crippen LogP contribution in [-0.4, -0.2) is 33.4 Å². The quantitative estimate of drug-likeness (QED) is 0.347. The standard InChI is InChI=1S/C29H30Cl2N2O3/c1-19(21-14-9-6-10-15-21)32-24(18-20-12-7-5-8-13-20)27(34)33(28(35)36-29(2,3)4)26(32)25-22(30)16-11-17-23(25)31/h5-17,19,24,26H,18H2,1-4H3/t19-,24-,26-/m1/s1. The SMILES string of the molecule is C[C@H](c1ccccc1)N1[C@H](Cc2ccccc2)C(=O)N(C(=O)OC(C)(C)C)[C@@H]1c1c(Cl)cccc1Cl. The first-order valence-corrected chi connectivity index (χ1v) is 12.7. The Bertz CT molecular complexity index is 1210. The highest BCUT2D eigenvalue weighted by Crippen LogP contribution is 2.46. The molecule has 3 aromatic carbocycles. The van der Waals surface area contributed by atoms with Gasteiger partial charge in [0.2, 0.25) is 0 Å². The predicted octanol–water partition coefficient (Wildman–Crippen LogP) is 7.44. The van der Waals surface area contributed by atoms with Gasteiger partial charge in [0.1, 0.15) is 11.8 Å². The first-order valence-electron chi connectivity index (χ1n) is 11.9. The molecule has 4 rings (SSSR count). The molecule has 0 saturated carbocycles. The minimum atomic E-state index is -0.850. The van der Waals surface area contributed by atoms with Gasteiger partial charge >= 0.3 is 6.09 Å². The van der Waals surface area contributed by atoms with Crippen molar-refractivity contribution < 1.29 is 14.3 Å². The van der Waals surface area contributed by atoms with Crippen LogP contribution >= 0.6 is 23.2 Å². The smallest absolute Gasteiger partial charge is 0.418 e. The molecule has 1 aliphatic rings. The van der Waals surface area contributed by atoms with E-state index >= 15 is 0 Å². The summed E-state index contributed by atoms with van der Waals surface area (Å²) in [4.78, 5) is 30.9. The van der Waals surface area contributed by atoms with Crippen LogP contribution in [0.5, 0.6) is 0 Å². The first-order chi connectivity index (χ1) is 17.1. The fraction of sp³-hybridized carbons (Fsp3) is 0.310. The van der Waals surface area contributed by atoms with Gasteiger partial charge in [-0.15, -0.1) is 0 Å². The molecule has 36 heavy (non-hydrogen) atoms. The third-order valence-corrected chi connectivity index (χ3v) is 6.92. The number of rotatable bonds is 5. The van der Waals surface area contributed by atoms with Crippen LogP contribution in [0.15, 0.2) is 78.9 Å². The second-order valence-corrected chi connectivity index (χ2v) is 10.8. The van der Waals surface area contributed by atoms with Gasteiger partial charge in [-0.2, -0.15) is 0 Å². The molecule has 5 nitrogen and oxygen atoms in total. The van der Waals surface area contributed by atoms with Crippen molar-refractivity contribution in [3.63, 3.8) is 0 Å². The summed E-state index contributed by atoms with van der Waals surface area (Å²) >= 11 is 13.4. The molecule has 1 fully saturated rings. The van der Waals surface area contributed by atoms with Crippen LogP contribution in [0.2, 0.25) is 10.0 Å². The highest BCUT2D eigenvalue weighted by molar-refractivity contribution is 6.36. The molecule has 0 spiro atoms. The number of amides is 2. The van der Waals surface area contributed by atoms with Crippen molar-refractivity contribution in [1.82, 2.24) is 9.80 Å².